The van der Waals surface area contributed by atoms with Crippen LogP contribution in [0.2, 0.25) is 5.02 Å². The van der Waals surface area contributed by atoms with E-state index in [-0.39, 0.29) is 6.04 Å². The number of benzene rings is 1. The lowest BCUT2D eigenvalue weighted by Gasteiger charge is -2.11. The van der Waals surface area contributed by atoms with E-state index in [1.807, 2.05) is 48.0 Å². The quantitative estimate of drug-likeness (QED) is 0.780. The van der Waals surface area contributed by atoms with Crippen molar-refractivity contribution in [2.24, 2.45) is 0 Å². The molecule has 0 aliphatic carbocycles. The van der Waals surface area contributed by atoms with Gasteiger partial charge in [0.1, 0.15) is 11.5 Å². The predicted octanol–water partition coefficient (Wildman–Crippen LogP) is 3.67. The van der Waals surface area contributed by atoms with Crippen molar-refractivity contribution in [1.29, 1.82) is 0 Å². The first-order valence-electron chi connectivity index (χ1n) is 7.09. The zero-order chi connectivity index (χ0) is 15.5. The number of rotatable bonds is 5. The third-order valence-electron chi connectivity index (χ3n) is 3.57. The summed E-state index contributed by atoms with van der Waals surface area (Å²) < 4.78 is 7.14. The van der Waals surface area contributed by atoms with Gasteiger partial charge in [0.05, 0.1) is 30.2 Å². The number of hydrogen-bond acceptors (Lipinski definition) is 4. The zero-order valence-corrected chi connectivity index (χ0v) is 13.2. The Morgan fingerprint density at radius 2 is 2.05 bits per heavy atom. The first-order valence-corrected chi connectivity index (χ1v) is 7.47. The van der Waals surface area contributed by atoms with Gasteiger partial charge in [-0.15, -0.1) is 5.10 Å². The average molecular weight is 317 g/mol. The third-order valence-corrected chi connectivity index (χ3v) is 3.83. The van der Waals surface area contributed by atoms with Crippen LogP contribution in [-0.2, 0) is 6.54 Å². The molecule has 6 heteroatoms. The fraction of sp³-hybridized carbons (Fsp3) is 0.250. The highest BCUT2D eigenvalue weighted by Crippen LogP contribution is 2.19. The molecule has 1 aromatic carbocycles. The van der Waals surface area contributed by atoms with E-state index >= 15 is 0 Å². The zero-order valence-electron chi connectivity index (χ0n) is 12.5. The Morgan fingerprint density at radius 3 is 2.73 bits per heavy atom. The van der Waals surface area contributed by atoms with Gasteiger partial charge >= 0.3 is 0 Å². The van der Waals surface area contributed by atoms with Crippen molar-refractivity contribution in [2.45, 2.75) is 26.4 Å². The number of furan rings is 1. The normalized spacial score (nSPS) is 12.5. The maximum absolute atomic E-state index is 5.92. The van der Waals surface area contributed by atoms with Gasteiger partial charge in [0.25, 0.3) is 0 Å². The topological polar surface area (TPSA) is 55.9 Å². The van der Waals surface area contributed by atoms with Crippen molar-refractivity contribution in [2.75, 3.05) is 0 Å². The van der Waals surface area contributed by atoms with Crippen LogP contribution in [0.25, 0.3) is 5.69 Å². The van der Waals surface area contributed by atoms with Crippen molar-refractivity contribution in [3.8, 4) is 5.69 Å². The highest BCUT2D eigenvalue weighted by Gasteiger charge is 2.16. The molecule has 2 aromatic heterocycles. The molecule has 0 aliphatic rings. The molecule has 114 valence electrons. The summed E-state index contributed by atoms with van der Waals surface area (Å²) in [6.45, 7) is 4.72. The third kappa shape index (κ3) is 3.05. The van der Waals surface area contributed by atoms with Gasteiger partial charge in [-0.25, -0.2) is 4.68 Å². The largest absolute Gasteiger partial charge is 0.468 e. The van der Waals surface area contributed by atoms with Gasteiger partial charge in [0.2, 0.25) is 0 Å². The Labute approximate surface area is 133 Å². The predicted molar refractivity (Wildman–Crippen MR) is 85.1 cm³/mol. The van der Waals surface area contributed by atoms with E-state index in [1.54, 1.807) is 6.26 Å². The highest BCUT2D eigenvalue weighted by atomic mass is 35.5. The van der Waals surface area contributed by atoms with E-state index < -0.39 is 0 Å². The minimum absolute atomic E-state index is 0.0751. The van der Waals surface area contributed by atoms with Gasteiger partial charge in [0, 0.05) is 5.02 Å². The Balaban J connectivity index is 1.76. The molecule has 0 amide bonds. The standard InChI is InChI=1S/C16H17ClN4O/c1-11(18-10-15-4-3-9-22-15)16-12(2)21(20-19-16)14-7-5-13(17)6-8-14/h3-9,11,18H,10H2,1-2H3/t11-/m0/s1. The second kappa shape index (κ2) is 6.34. The van der Waals surface area contributed by atoms with Crippen molar-refractivity contribution in [3.05, 3.63) is 64.8 Å². The summed E-state index contributed by atoms with van der Waals surface area (Å²) >= 11 is 5.92. The van der Waals surface area contributed by atoms with Gasteiger partial charge in [-0.05, 0) is 50.2 Å². The molecule has 0 saturated heterocycles. The highest BCUT2D eigenvalue weighted by molar-refractivity contribution is 6.30. The van der Waals surface area contributed by atoms with Gasteiger partial charge in [-0.3, -0.25) is 0 Å². The van der Waals surface area contributed by atoms with E-state index in [2.05, 4.69) is 22.6 Å². The Morgan fingerprint density at radius 1 is 1.27 bits per heavy atom. The molecule has 0 spiro atoms. The van der Waals surface area contributed by atoms with Gasteiger partial charge < -0.3 is 9.73 Å². The summed E-state index contributed by atoms with van der Waals surface area (Å²) in [7, 11) is 0. The number of nitrogens with zero attached hydrogens (tertiary/aromatic N) is 3. The number of halogens is 1. The average Bonchev–Trinajstić information content (AvgIpc) is 3.15. The van der Waals surface area contributed by atoms with E-state index in [4.69, 9.17) is 16.0 Å². The maximum atomic E-state index is 5.92. The lowest BCUT2D eigenvalue weighted by Crippen LogP contribution is -2.19. The first kappa shape index (κ1) is 14.8. The maximum Gasteiger partial charge on any atom is 0.117 e. The Bertz CT molecular complexity index is 734. The van der Waals surface area contributed by atoms with Crippen LogP contribution in [0.1, 0.15) is 30.1 Å². The van der Waals surface area contributed by atoms with E-state index in [1.165, 1.54) is 0 Å². The molecule has 5 nitrogen and oxygen atoms in total. The molecule has 3 aromatic rings. The fourth-order valence-corrected chi connectivity index (χ4v) is 2.46. The molecule has 0 unspecified atom stereocenters. The molecule has 0 radical (unpaired) electrons. The second-order valence-corrected chi connectivity index (χ2v) is 5.57. The lowest BCUT2D eigenvalue weighted by atomic mass is 10.2. The molecule has 0 fully saturated rings. The Hall–Kier alpha value is -2.11. The van der Waals surface area contributed by atoms with Crippen molar-refractivity contribution < 1.29 is 4.42 Å². The molecule has 0 bridgehead atoms. The second-order valence-electron chi connectivity index (χ2n) is 5.13. The van der Waals surface area contributed by atoms with Crippen LogP contribution in [0.5, 0.6) is 0 Å². The molecule has 0 aliphatic heterocycles. The van der Waals surface area contributed by atoms with Gasteiger partial charge in [-0.2, -0.15) is 0 Å². The smallest absolute Gasteiger partial charge is 0.117 e. The summed E-state index contributed by atoms with van der Waals surface area (Å²) in [6, 6.07) is 11.4. The Kier molecular flexibility index (Phi) is 4.27. The molecular weight excluding hydrogens is 300 g/mol. The van der Waals surface area contributed by atoms with Crippen LogP contribution < -0.4 is 5.32 Å². The summed E-state index contributed by atoms with van der Waals surface area (Å²) in [5.74, 6) is 0.898. The number of hydrogen-bond donors (Lipinski definition) is 1. The summed E-state index contributed by atoms with van der Waals surface area (Å²) in [4.78, 5) is 0. The van der Waals surface area contributed by atoms with Gasteiger partial charge in [0.15, 0.2) is 0 Å². The van der Waals surface area contributed by atoms with Crippen LogP contribution in [0.4, 0.5) is 0 Å². The van der Waals surface area contributed by atoms with E-state index in [0.717, 1.165) is 22.8 Å². The monoisotopic (exact) mass is 316 g/mol. The van der Waals surface area contributed by atoms with Crippen LogP contribution >= 0.6 is 11.6 Å². The number of nitrogens with one attached hydrogen (secondary N) is 1. The molecular formula is C16H17ClN4O. The lowest BCUT2D eigenvalue weighted by molar-refractivity contribution is 0.456. The van der Waals surface area contributed by atoms with Crippen LogP contribution in [0.15, 0.2) is 47.1 Å². The van der Waals surface area contributed by atoms with E-state index in [9.17, 15) is 0 Å². The van der Waals surface area contributed by atoms with Crippen molar-refractivity contribution in [1.82, 2.24) is 20.3 Å². The molecule has 1 atom stereocenters. The molecule has 22 heavy (non-hydrogen) atoms. The minimum atomic E-state index is 0.0751. The molecule has 1 N–H and O–H groups in total. The minimum Gasteiger partial charge on any atom is -0.468 e. The molecule has 2 heterocycles. The first-order chi connectivity index (χ1) is 10.6. The summed E-state index contributed by atoms with van der Waals surface area (Å²) in [5, 5.41) is 12.6. The summed E-state index contributed by atoms with van der Waals surface area (Å²) in [6.07, 6.45) is 1.67. The van der Waals surface area contributed by atoms with Gasteiger partial charge in [-0.1, -0.05) is 16.8 Å². The fourth-order valence-electron chi connectivity index (χ4n) is 2.33. The van der Waals surface area contributed by atoms with Crippen molar-refractivity contribution >= 4 is 11.6 Å². The van der Waals surface area contributed by atoms with E-state index in [0.29, 0.717) is 11.6 Å². The van der Waals surface area contributed by atoms with Crippen LogP contribution in [-0.4, -0.2) is 15.0 Å². The molecule has 3 rings (SSSR count). The van der Waals surface area contributed by atoms with Crippen molar-refractivity contribution in [3.63, 3.8) is 0 Å². The van der Waals surface area contributed by atoms with Crippen LogP contribution in [0.3, 0.4) is 0 Å². The SMILES string of the molecule is Cc1c([C@H](C)NCc2ccco2)nnn1-c1ccc(Cl)cc1. The number of aromatic nitrogens is 3. The van der Waals surface area contributed by atoms with Crippen LogP contribution in [0, 0.1) is 6.92 Å². The molecule has 0 saturated carbocycles. The summed E-state index contributed by atoms with van der Waals surface area (Å²) in [5.41, 5.74) is 2.86.